The van der Waals surface area contributed by atoms with Crippen LogP contribution in [-0.2, 0) is 0 Å². The fraction of sp³-hybridized carbons (Fsp3) is 0.400. The molecular formula is C15H17N3. The Morgan fingerprint density at radius 1 is 1.39 bits per heavy atom. The molecule has 0 bridgehead atoms. The molecule has 0 saturated heterocycles. The summed E-state index contributed by atoms with van der Waals surface area (Å²) in [6.07, 6.45) is 5.81. The van der Waals surface area contributed by atoms with Crippen LogP contribution in [0, 0.1) is 6.57 Å². The normalized spacial score (nSPS) is 23.3. The molecule has 1 heterocycles. The van der Waals surface area contributed by atoms with Gasteiger partial charge in [-0.1, -0.05) is 6.07 Å². The van der Waals surface area contributed by atoms with E-state index < -0.39 is 0 Å². The van der Waals surface area contributed by atoms with E-state index in [4.69, 9.17) is 6.57 Å². The molecule has 3 rings (SSSR count). The predicted molar refractivity (Wildman–Crippen MR) is 74.0 cm³/mol. The molecule has 0 spiro atoms. The summed E-state index contributed by atoms with van der Waals surface area (Å²) < 4.78 is 0. The van der Waals surface area contributed by atoms with Crippen LogP contribution in [0.15, 0.2) is 24.4 Å². The fourth-order valence-corrected chi connectivity index (χ4v) is 3.06. The van der Waals surface area contributed by atoms with Gasteiger partial charge in [0.05, 0.1) is 6.57 Å². The molecule has 0 radical (unpaired) electrons. The van der Waals surface area contributed by atoms with Crippen LogP contribution in [0.2, 0.25) is 0 Å². The molecule has 1 aliphatic rings. The second kappa shape index (κ2) is 4.47. The van der Waals surface area contributed by atoms with Crippen molar-refractivity contribution < 1.29 is 0 Å². The summed E-state index contributed by atoms with van der Waals surface area (Å²) in [5.41, 5.74) is 3.25. The molecule has 18 heavy (non-hydrogen) atoms. The third kappa shape index (κ3) is 1.79. The Morgan fingerprint density at radius 3 is 3.00 bits per heavy atom. The highest BCUT2D eigenvalue weighted by Crippen LogP contribution is 2.38. The van der Waals surface area contributed by atoms with Crippen LogP contribution < -0.4 is 5.32 Å². The van der Waals surface area contributed by atoms with E-state index in [-0.39, 0.29) is 0 Å². The van der Waals surface area contributed by atoms with Crippen molar-refractivity contribution in [1.29, 1.82) is 0 Å². The van der Waals surface area contributed by atoms with Crippen LogP contribution in [0.25, 0.3) is 15.7 Å². The fourth-order valence-electron chi connectivity index (χ4n) is 3.06. The first-order valence-corrected chi connectivity index (χ1v) is 6.47. The molecule has 2 atom stereocenters. The summed E-state index contributed by atoms with van der Waals surface area (Å²) in [6.45, 7) is 7.12. The van der Waals surface area contributed by atoms with Gasteiger partial charge >= 0.3 is 0 Å². The van der Waals surface area contributed by atoms with Crippen molar-refractivity contribution in [2.24, 2.45) is 0 Å². The number of benzene rings is 1. The van der Waals surface area contributed by atoms with Crippen LogP contribution >= 0.6 is 0 Å². The SMILES string of the molecule is [C-]#[N+]c1ccc2[nH]cc(C3CCC(NC)C3)c2c1. The summed E-state index contributed by atoms with van der Waals surface area (Å²) in [6, 6.07) is 6.54. The number of nitrogens with one attached hydrogen (secondary N) is 2. The number of nitrogens with zero attached hydrogens (tertiary/aromatic N) is 1. The monoisotopic (exact) mass is 239 g/mol. The summed E-state index contributed by atoms with van der Waals surface area (Å²) in [5, 5.41) is 4.59. The molecule has 1 fully saturated rings. The minimum atomic E-state index is 0.622. The van der Waals surface area contributed by atoms with Gasteiger partial charge in [0, 0.05) is 17.8 Å². The third-order valence-corrected chi connectivity index (χ3v) is 4.11. The summed E-state index contributed by atoms with van der Waals surface area (Å²) in [7, 11) is 2.04. The number of aromatic amines is 1. The molecule has 3 nitrogen and oxygen atoms in total. The van der Waals surface area contributed by atoms with Crippen LogP contribution in [0.4, 0.5) is 5.69 Å². The van der Waals surface area contributed by atoms with Crippen molar-refractivity contribution in [2.75, 3.05) is 7.05 Å². The van der Waals surface area contributed by atoms with Gasteiger partial charge in [0.2, 0.25) is 0 Å². The second-order valence-corrected chi connectivity index (χ2v) is 5.08. The van der Waals surface area contributed by atoms with Crippen molar-refractivity contribution in [1.82, 2.24) is 10.3 Å². The Kier molecular flexibility index (Phi) is 2.81. The van der Waals surface area contributed by atoms with Crippen molar-refractivity contribution in [3.8, 4) is 0 Å². The first kappa shape index (κ1) is 11.3. The molecular weight excluding hydrogens is 222 g/mol. The van der Waals surface area contributed by atoms with Crippen molar-refractivity contribution in [3.05, 3.63) is 41.4 Å². The lowest BCUT2D eigenvalue weighted by Crippen LogP contribution is -2.21. The van der Waals surface area contributed by atoms with Crippen molar-refractivity contribution >= 4 is 16.6 Å². The number of hydrogen-bond acceptors (Lipinski definition) is 1. The maximum absolute atomic E-state index is 7.12. The van der Waals surface area contributed by atoms with Gasteiger partial charge in [-0.05, 0) is 55.3 Å². The molecule has 0 aliphatic heterocycles. The van der Waals surface area contributed by atoms with Crippen LogP contribution in [0.3, 0.4) is 0 Å². The summed E-state index contributed by atoms with van der Waals surface area (Å²) in [5.74, 6) is 0.622. The zero-order valence-electron chi connectivity index (χ0n) is 10.5. The van der Waals surface area contributed by atoms with E-state index in [0.29, 0.717) is 12.0 Å². The Morgan fingerprint density at radius 2 is 2.28 bits per heavy atom. The second-order valence-electron chi connectivity index (χ2n) is 5.08. The van der Waals surface area contributed by atoms with Crippen molar-refractivity contribution in [3.63, 3.8) is 0 Å². The maximum atomic E-state index is 7.12. The number of aromatic nitrogens is 1. The summed E-state index contributed by atoms with van der Waals surface area (Å²) >= 11 is 0. The van der Waals surface area contributed by atoms with Gasteiger partial charge in [-0.15, -0.1) is 0 Å². The molecule has 3 heteroatoms. The molecule has 0 amide bonds. The summed E-state index contributed by atoms with van der Waals surface area (Å²) in [4.78, 5) is 6.85. The van der Waals surface area contributed by atoms with E-state index in [0.717, 1.165) is 11.2 Å². The Hall–Kier alpha value is -1.79. The van der Waals surface area contributed by atoms with Gasteiger partial charge in [0.1, 0.15) is 0 Å². The highest BCUT2D eigenvalue weighted by Gasteiger charge is 2.26. The van der Waals surface area contributed by atoms with Gasteiger partial charge in [-0.2, -0.15) is 0 Å². The lowest BCUT2D eigenvalue weighted by atomic mass is 9.96. The zero-order chi connectivity index (χ0) is 12.5. The number of fused-ring (bicyclic) bond motifs is 1. The average molecular weight is 239 g/mol. The molecule has 1 aromatic carbocycles. The molecule has 2 aromatic rings. The standard InChI is InChI=1S/C15H17N3/c1-16-11-4-3-10(7-11)14-9-18-15-6-5-12(17-2)8-13(14)15/h5-6,8-11,16,18H,3-4,7H2,1H3. The Bertz CT molecular complexity index is 606. The molecule has 92 valence electrons. The van der Waals surface area contributed by atoms with Gasteiger partial charge in [0.25, 0.3) is 0 Å². The highest BCUT2D eigenvalue weighted by atomic mass is 14.9. The predicted octanol–water partition coefficient (Wildman–Crippen LogP) is 3.57. The number of hydrogen-bond donors (Lipinski definition) is 2. The van der Waals surface area contributed by atoms with Gasteiger partial charge in [-0.25, -0.2) is 4.85 Å². The van der Waals surface area contributed by atoms with Gasteiger partial charge in [0.15, 0.2) is 5.69 Å². The molecule has 2 N–H and O–H groups in total. The van der Waals surface area contributed by atoms with E-state index >= 15 is 0 Å². The quantitative estimate of drug-likeness (QED) is 0.771. The van der Waals surface area contributed by atoms with Crippen molar-refractivity contribution in [2.45, 2.75) is 31.2 Å². The average Bonchev–Trinajstić information content (AvgIpc) is 3.03. The van der Waals surface area contributed by atoms with E-state index in [1.165, 1.54) is 30.2 Å². The van der Waals surface area contributed by atoms with Gasteiger partial charge in [-0.3, -0.25) is 0 Å². The van der Waals surface area contributed by atoms with E-state index in [1.54, 1.807) is 0 Å². The third-order valence-electron chi connectivity index (χ3n) is 4.11. The van der Waals surface area contributed by atoms with E-state index in [2.05, 4.69) is 21.3 Å². The van der Waals surface area contributed by atoms with Crippen LogP contribution in [0.1, 0.15) is 30.7 Å². The molecule has 1 aromatic heterocycles. The smallest absolute Gasteiger partial charge is 0.187 e. The number of rotatable bonds is 2. The minimum Gasteiger partial charge on any atom is -0.361 e. The van der Waals surface area contributed by atoms with Gasteiger partial charge < -0.3 is 10.3 Å². The van der Waals surface area contributed by atoms with E-state index in [9.17, 15) is 0 Å². The Labute approximate surface area is 107 Å². The number of H-pyrrole nitrogens is 1. The zero-order valence-corrected chi connectivity index (χ0v) is 10.5. The molecule has 1 aliphatic carbocycles. The first-order valence-electron chi connectivity index (χ1n) is 6.47. The lowest BCUT2D eigenvalue weighted by Gasteiger charge is -2.10. The topological polar surface area (TPSA) is 32.2 Å². The molecule has 2 unspecified atom stereocenters. The molecule has 1 saturated carbocycles. The Balaban J connectivity index is 2.00. The van der Waals surface area contributed by atoms with Crippen LogP contribution in [0.5, 0.6) is 0 Å². The van der Waals surface area contributed by atoms with Crippen LogP contribution in [-0.4, -0.2) is 18.1 Å². The maximum Gasteiger partial charge on any atom is 0.187 e. The lowest BCUT2D eigenvalue weighted by molar-refractivity contribution is 0.572. The highest BCUT2D eigenvalue weighted by molar-refractivity contribution is 5.87. The largest absolute Gasteiger partial charge is 0.361 e. The first-order chi connectivity index (χ1) is 8.81. The van der Waals surface area contributed by atoms with E-state index in [1.807, 2.05) is 25.2 Å². The minimum absolute atomic E-state index is 0.622.